The molecule has 0 amide bonds. The van der Waals surface area contributed by atoms with E-state index in [1.165, 1.54) is 29.7 Å². The molecule has 3 heteroatoms. The van der Waals surface area contributed by atoms with E-state index in [2.05, 4.69) is 53.4 Å². The van der Waals surface area contributed by atoms with E-state index < -0.39 is 0 Å². The Hall–Kier alpha value is -1.61. The van der Waals surface area contributed by atoms with Gasteiger partial charge in [0.15, 0.2) is 0 Å². The topological polar surface area (TPSA) is 40.7 Å². The number of nitrogens with zero attached hydrogens (tertiary/aromatic N) is 1. The van der Waals surface area contributed by atoms with Gasteiger partial charge >= 0.3 is 0 Å². The van der Waals surface area contributed by atoms with Gasteiger partial charge in [-0.25, -0.2) is 4.98 Å². The van der Waals surface area contributed by atoms with Crippen LogP contribution in [-0.2, 0) is 19.4 Å². The molecular formula is C18H25N3. The van der Waals surface area contributed by atoms with Crippen LogP contribution in [-0.4, -0.2) is 16.5 Å². The van der Waals surface area contributed by atoms with E-state index in [4.69, 9.17) is 0 Å². The summed E-state index contributed by atoms with van der Waals surface area (Å²) in [5, 5.41) is 3.46. The zero-order chi connectivity index (χ0) is 14.7. The average molecular weight is 283 g/mol. The Bertz CT molecular complexity index is 586. The van der Waals surface area contributed by atoms with Gasteiger partial charge in [-0.3, -0.25) is 0 Å². The summed E-state index contributed by atoms with van der Waals surface area (Å²) in [6.07, 6.45) is 5.47. The summed E-state index contributed by atoms with van der Waals surface area (Å²) in [5.41, 5.74) is 4.20. The molecule has 1 aliphatic carbocycles. The molecule has 1 aromatic heterocycles. The number of H-pyrrole nitrogens is 1. The van der Waals surface area contributed by atoms with Crippen molar-refractivity contribution in [3.05, 3.63) is 53.1 Å². The summed E-state index contributed by atoms with van der Waals surface area (Å²) >= 11 is 0. The highest BCUT2D eigenvalue weighted by molar-refractivity contribution is 5.31. The molecule has 21 heavy (non-hydrogen) atoms. The SMILES string of the molecule is CC(C)CNCc1cnc(C2CCc3ccccc3C2)[nH]1. The highest BCUT2D eigenvalue weighted by Crippen LogP contribution is 2.31. The molecule has 0 saturated heterocycles. The lowest BCUT2D eigenvalue weighted by Gasteiger charge is -2.22. The number of rotatable bonds is 5. The van der Waals surface area contributed by atoms with E-state index in [9.17, 15) is 0 Å². The van der Waals surface area contributed by atoms with Crippen molar-refractivity contribution in [3.8, 4) is 0 Å². The molecule has 1 atom stereocenters. The molecular weight excluding hydrogens is 258 g/mol. The van der Waals surface area contributed by atoms with Crippen LogP contribution in [0.5, 0.6) is 0 Å². The average Bonchev–Trinajstić information content (AvgIpc) is 2.95. The van der Waals surface area contributed by atoms with Crippen molar-refractivity contribution >= 4 is 0 Å². The minimum Gasteiger partial charge on any atom is -0.345 e. The number of fused-ring (bicyclic) bond motifs is 1. The molecule has 2 aromatic rings. The molecule has 3 nitrogen and oxygen atoms in total. The summed E-state index contributed by atoms with van der Waals surface area (Å²) in [4.78, 5) is 8.13. The molecule has 0 bridgehead atoms. The van der Waals surface area contributed by atoms with E-state index in [1.807, 2.05) is 6.20 Å². The van der Waals surface area contributed by atoms with Crippen molar-refractivity contribution in [1.29, 1.82) is 0 Å². The third kappa shape index (κ3) is 3.53. The monoisotopic (exact) mass is 283 g/mol. The Morgan fingerprint density at radius 2 is 2.10 bits per heavy atom. The predicted molar refractivity (Wildman–Crippen MR) is 86.3 cm³/mol. The van der Waals surface area contributed by atoms with Crippen molar-refractivity contribution in [2.45, 2.75) is 45.6 Å². The highest BCUT2D eigenvalue weighted by atomic mass is 15.0. The Morgan fingerprint density at radius 3 is 2.90 bits per heavy atom. The minimum absolute atomic E-state index is 0.541. The maximum absolute atomic E-state index is 4.61. The van der Waals surface area contributed by atoms with Gasteiger partial charge in [0.05, 0.1) is 0 Å². The van der Waals surface area contributed by atoms with Gasteiger partial charge in [0.25, 0.3) is 0 Å². The Morgan fingerprint density at radius 1 is 1.29 bits per heavy atom. The lowest BCUT2D eigenvalue weighted by molar-refractivity contribution is 0.543. The van der Waals surface area contributed by atoms with Crippen molar-refractivity contribution < 1.29 is 0 Å². The summed E-state index contributed by atoms with van der Waals surface area (Å²) in [6.45, 7) is 6.38. The second kappa shape index (κ2) is 6.44. The molecule has 1 aliphatic rings. The number of benzene rings is 1. The van der Waals surface area contributed by atoms with Crippen LogP contribution in [0, 0.1) is 5.92 Å². The first kappa shape index (κ1) is 14.3. The summed E-state index contributed by atoms with van der Waals surface area (Å²) < 4.78 is 0. The third-order valence-corrected chi connectivity index (χ3v) is 4.25. The van der Waals surface area contributed by atoms with Gasteiger partial charge in [0.1, 0.15) is 5.82 Å². The largest absolute Gasteiger partial charge is 0.345 e. The number of nitrogens with one attached hydrogen (secondary N) is 2. The van der Waals surface area contributed by atoms with Gasteiger partial charge in [-0.2, -0.15) is 0 Å². The molecule has 0 radical (unpaired) electrons. The molecule has 112 valence electrons. The van der Waals surface area contributed by atoms with Crippen molar-refractivity contribution in [2.24, 2.45) is 5.92 Å². The fourth-order valence-corrected chi connectivity index (χ4v) is 3.10. The fourth-order valence-electron chi connectivity index (χ4n) is 3.10. The molecule has 0 spiro atoms. The van der Waals surface area contributed by atoms with Gasteiger partial charge in [-0.05, 0) is 42.9 Å². The van der Waals surface area contributed by atoms with Crippen LogP contribution in [0.25, 0.3) is 0 Å². The maximum Gasteiger partial charge on any atom is 0.109 e. The van der Waals surface area contributed by atoms with Crippen LogP contribution < -0.4 is 5.32 Å². The van der Waals surface area contributed by atoms with Crippen molar-refractivity contribution in [1.82, 2.24) is 15.3 Å². The van der Waals surface area contributed by atoms with Crippen molar-refractivity contribution in [3.63, 3.8) is 0 Å². The Labute approximate surface area is 127 Å². The third-order valence-electron chi connectivity index (χ3n) is 4.25. The van der Waals surface area contributed by atoms with Crippen LogP contribution in [0.15, 0.2) is 30.5 Å². The highest BCUT2D eigenvalue weighted by Gasteiger charge is 2.21. The Kier molecular flexibility index (Phi) is 4.39. The number of aromatic amines is 1. The molecule has 1 aromatic carbocycles. The molecule has 3 rings (SSSR count). The second-order valence-corrected chi connectivity index (χ2v) is 6.53. The molecule has 2 N–H and O–H groups in total. The van der Waals surface area contributed by atoms with Crippen LogP contribution in [0.4, 0.5) is 0 Å². The summed E-state index contributed by atoms with van der Waals surface area (Å²) in [5.74, 6) is 2.38. The van der Waals surface area contributed by atoms with E-state index in [1.54, 1.807) is 0 Å². The smallest absolute Gasteiger partial charge is 0.109 e. The van der Waals surface area contributed by atoms with Gasteiger partial charge < -0.3 is 10.3 Å². The zero-order valence-electron chi connectivity index (χ0n) is 13.0. The van der Waals surface area contributed by atoms with Crippen molar-refractivity contribution in [2.75, 3.05) is 6.54 Å². The van der Waals surface area contributed by atoms with E-state index in [-0.39, 0.29) is 0 Å². The number of aromatic nitrogens is 2. The molecule has 1 heterocycles. The predicted octanol–water partition coefficient (Wildman–Crippen LogP) is 3.43. The van der Waals surface area contributed by atoms with Gasteiger partial charge in [-0.15, -0.1) is 0 Å². The van der Waals surface area contributed by atoms with E-state index in [0.29, 0.717) is 11.8 Å². The van der Waals surface area contributed by atoms with Crippen LogP contribution in [0.2, 0.25) is 0 Å². The first-order valence-corrected chi connectivity index (χ1v) is 8.03. The molecule has 0 fully saturated rings. The number of imidazole rings is 1. The number of aryl methyl sites for hydroxylation is 1. The molecule has 0 aliphatic heterocycles. The Balaban J connectivity index is 1.62. The zero-order valence-corrected chi connectivity index (χ0v) is 13.0. The van der Waals surface area contributed by atoms with Gasteiger partial charge in [-0.1, -0.05) is 38.1 Å². The van der Waals surface area contributed by atoms with Gasteiger partial charge in [0, 0.05) is 24.4 Å². The second-order valence-electron chi connectivity index (χ2n) is 6.53. The molecule has 0 saturated carbocycles. The normalized spacial score (nSPS) is 18.0. The maximum atomic E-state index is 4.61. The van der Waals surface area contributed by atoms with Crippen LogP contribution >= 0.6 is 0 Å². The summed E-state index contributed by atoms with van der Waals surface area (Å²) in [7, 11) is 0. The summed E-state index contributed by atoms with van der Waals surface area (Å²) in [6, 6.07) is 8.81. The lowest BCUT2D eigenvalue weighted by Crippen LogP contribution is -2.19. The lowest BCUT2D eigenvalue weighted by atomic mass is 9.83. The molecule has 1 unspecified atom stereocenters. The number of hydrogen-bond donors (Lipinski definition) is 2. The van der Waals surface area contributed by atoms with E-state index in [0.717, 1.165) is 25.3 Å². The van der Waals surface area contributed by atoms with Crippen LogP contribution in [0.1, 0.15) is 48.8 Å². The number of hydrogen-bond acceptors (Lipinski definition) is 2. The standard InChI is InChI=1S/C18H25N3/c1-13(2)10-19-11-17-12-20-18(21-17)16-8-7-14-5-3-4-6-15(14)9-16/h3-6,12-13,16,19H,7-11H2,1-2H3,(H,20,21). The first-order chi connectivity index (χ1) is 10.2. The van der Waals surface area contributed by atoms with Crippen LogP contribution in [0.3, 0.4) is 0 Å². The fraction of sp³-hybridized carbons (Fsp3) is 0.500. The minimum atomic E-state index is 0.541. The van der Waals surface area contributed by atoms with Gasteiger partial charge in [0.2, 0.25) is 0 Å². The quantitative estimate of drug-likeness (QED) is 0.882. The first-order valence-electron chi connectivity index (χ1n) is 8.03. The van der Waals surface area contributed by atoms with E-state index >= 15 is 0 Å².